The van der Waals surface area contributed by atoms with Crippen LogP contribution in [0, 0.1) is 0 Å². The third-order valence-corrected chi connectivity index (χ3v) is 3.34. The summed E-state index contributed by atoms with van der Waals surface area (Å²) in [5, 5.41) is 3.49. The Morgan fingerprint density at radius 1 is 1.54 bits per heavy atom. The van der Waals surface area contributed by atoms with E-state index in [0.717, 1.165) is 6.54 Å². The summed E-state index contributed by atoms with van der Waals surface area (Å²) >= 11 is 0. The van der Waals surface area contributed by atoms with E-state index in [0.29, 0.717) is 12.1 Å². The van der Waals surface area contributed by atoms with Gasteiger partial charge in [0.2, 0.25) is 0 Å². The van der Waals surface area contributed by atoms with Crippen molar-refractivity contribution in [3.63, 3.8) is 0 Å². The lowest BCUT2D eigenvalue weighted by Gasteiger charge is -2.35. The van der Waals surface area contributed by atoms with E-state index >= 15 is 0 Å². The maximum Gasteiger partial charge on any atom is 0.132 e. The molecule has 76 valence electrons. The number of nitrogens with one attached hydrogen (secondary N) is 1. The van der Waals surface area contributed by atoms with Crippen LogP contribution in [0.25, 0.3) is 0 Å². The van der Waals surface area contributed by atoms with Crippen LogP contribution in [0.4, 0.5) is 0 Å². The van der Waals surface area contributed by atoms with Gasteiger partial charge in [-0.1, -0.05) is 0 Å². The molecule has 0 aromatic rings. The third kappa shape index (κ3) is 1.60. The van der Waals surface area contributed by atoms with Crippen molar-refractivity contribution in [1.82, 2.24) is 10.2 Å². The molecule has 3 unspecified atom stereocenters. The first-order chi connectivity index (χ1) is 6.12. The van der Waals surface area contributed by atoms with Crippen LogP contribution in [0.3, 0.4) is 0 Å². The fraction of sp³-hybridized carbons (Fsp3) is 1.00. The van der Waals surface area contributed by atoms with Gasteiger partial charge < -0.3 is 4.74 Å². The summed E-state index contributed by atoms with van der Waals surface area (Å²) in [6, 6.07) is 0.553. The molecule has 0 bridgehead atoms. The second-order valence-electron chi connectivity index (χ2n) is 4.56. The topological polar surface area (TPSA) is 24.5 Å². The summed E-state index contributed by atoms with van der Waals surface area (Å²) in [4.78, 5) is 2.41. The van der Waals surface area contributed by atoms with E-state index in [2.05, 4.69) is 31.1 Å². The summed E-state index contributed by atoms with van der Waals surface area (Å²) in [5.41, 5.74) is -0.106. The predicted octanol–water partition coefficient (Wildman–Crippen LogP) is 0.805. The van der Waals surface area contributed by atoms with Crippen molar-refractivity contribution in [1.29, 1.82) is 0 Å². The maximum absolute atomic E-state index is 5.95. The molecule has 3 atom stereocenters. The van der Waals surface area contributed by atoms with Crippen molar-refractivity contribution in [3.8, 4) is 0 Å². The monoisotopic (exact) mass is 184 g/mol. The molecule has 3 nitrogen and oxygen atoms in total. The molecule has 0 aliphatic carbocycles. The smallest absolute Gasteiger partial charge is 0.132 e. The molecule has 13 heavy (non-hydrogen) atoms. The Kier molecular flexibility index (Phi) is 2.34. The lowest BCUT2D eigenvalue weighted by molar-refractivity contribution is -0.0747. The van der Waals surface area contributed by atoms with Crippen molar-refractivity contribution >= 4 is 0 Å². The lowest BCUT2D eigenvalue weighted by atomic mass is 10.0. The normalized spacial score (nSPS) is 47.3. The highest BCUT2D eigenvalue weighted by molar-refractivity contribution is 4.96. The van der Waals surface area contributed by atoms with E-state index in [1.54, 1.807) is 0 Å². The molecule has 1 N–H and O–H groups in total. The number of ether oxygens (including phenoxy) is 1. The van der Waals surface area contributed by atoms with Gasteiger partial charge in [-0.15, -0.1) is 0 Å². The Balaban J connectivity index is 2.06. The molecule has 2 rings (SSSR count). The van der Waals surface area contributed by atoms with Gasteiger partial charge in [-0.2, -0.15) is 0 Å². The zero-order valence-corrected chi connectivity index (χ0v) is 8.84. The van der Waals surface area contributed by atoms with Gasteiger partial charge in [0.05, 0.1) is 12.1 Å². The van der Waals surface area contributed by atoms with Crippen molar-refractivity contribution in [2.24, 2.45) is 0 Å². The fourth-order valence-corrected chi connectivity index (χ4v) is 2.65. The number of nitrogens with zero attached hydrogens (tertiary/aromatic N) is 1. The summed E-state index contributed by atoms with van der Waals surface area (Å²) in [6.45, 7) is 6.51. The average molecular weight is 184 g/mol. The van der Waals surface area contributed by atoms with Crippen LogP contribution in [0.15, 0.2) is 0 Å². The highest BCUT2D eigenvalue weighted by Gasteiger charge is 2.44. The lowest BCUT2D eigenvalue weighted by Crippen LogP contribution is -2.53. The first-order valence-corrected chi connectivity index (χ1v) is 5.25. The average Bonchev–Trinajstić information content (AvgIpc) is 2.59. The minimum absolute atomic E-state index is 0.106. The number of hydrogen-bond acceptors (Lipinski definition) is 3. The molecular formula is C10H20N2O. The first-order valence-electron chi connectivity index (χ1n) is 5.25. The predicted molar refractivity (Wildman–Crippen MR) is 52.6 cm³/mol. The number of rotatable bonds is 1. The largest absolute Gasteiger partial charge is 0.355 e. The Morgan fingerprint density at radius 2 is 2.31 bits per heavy atom. The standard InChI is InChI=1S/C10H20N2O/c1-8-7-11-10(2,13-8)9-5-4-6-12(9)3/h8-9,11H,4-7H2,1-3H3. The molecule has 0 spiro atoms. The molecule has 2 aliphatic rings. The number of likely N-dealkylation sites (tertiary alicyclic amines) is 1. The zero-order valence-electron chi connectivity index (χ0n) is 8.84. The molecule has 2 saturated heterocycles. The Morgan fingerprint density at radius 3 is 2.77 bits per heavy atom. The van der Waals surface area contributed by atoms with Crippen LogP contribution in [0.2, 0.25) is 0 Å². The van der Waals surface area contributed by atoms with Gasteiger partial charge in [-0.25, -0.2) is 0 Å². The SMILES string of the molecule is CC1CNC(C)(C2CCCN2C)O1. The molecule has 2 fully saturated rings. The van der Waals surface area contributed by atoms with Crippen molar-refractivity contribution < 1.29 is 4.74 Å². The van der Waals surface area contributed by atoms with Crippen LogP contribution < -0.4 is 5.32 Å². The van der Waals surface area contributed by atoms with Crippen molar-refractivity contribution in [3.05, 3.63) is 0 Å². The van der Waals surface area contributed by atoms with Gasteiger partial charge in [0.15, 0.2) is 0 Å². The van der Waals surface area contributed by atoms with Gasteiger partial charge in [-0.3, -0.25) is 10.2 Å². The van der Waals surface area contributed by atoms with E-state index in [4.69, 9.17) is 4.74 Å². The summed E-state index contributed by atoms with van der Waals surface area (Å²) < 4.78 is 5.95. The van der Waals surface area contributed by atoms with E-state index in [9.17, 15) is 0 Å². The molecule has 0 aromatic heterocycles. The van der Waals surface area contributed by atoms with Gasteiger partial charge >= 0.3 is 0 Å². The van der Waals surface area contributed by atoms with Gasteiger partial charge in [0.1, 0.15) is 5.72 Å². The molecule has 0 saturated carbocycles. The van der Waals surface area contributed by atoms with Crippen LogP contribution in [-0.4, -0.2) is 42.9 Å². The fourth-order valence-electron chi connectivity index (χ4n) is 2.65. The molecule has 3 heteroatoms. The first kappa shape index (κ1) is 9.44. The van der Waals surface area contributed by atoms with Crippen molar-refractivity contribution in [2.45, 2.75) is 44.6 Å². The second-order valence-corrected chi connectivity index (χ2v) is 4.56. The third-order valence-electron chi connectivity index (χ3n) is 3.34. The Hall–Kier alpha value is -0.120. The van der Waals surface area contributed by atoms with Gasteiger partial charge in [0, 0.05) is 6.54 Å². The van der Waals surface area contributed by atoms with Gasteiger partial charge in [-0.05, 0) is 40.3 Å². The minimum atomic E-state index is -0.106. The van der Waals surface area contributed by atoms with E-state index < -0.39 is 0 Å². The zero-order chi connectivity index (χ0) is 9.47. The van der Waals surface area contributed by atoms with E-state index in [-0.39, 0.29) is 5.72 Å². The molecule has 2 aliphatic heterocycles. The minimum Gasteiger partial charge on any atom is -0.355 e. The molecular weight excluding hydrogens is 164 g/mol. The van der Waals surface area contributed by atoms with Crippen LogP contribution in [-0.2, 0) is 4.74 Å². The van der Waals surface area contributed by atoms with E-state index in [1.807, 2.05) is 0 Å². The highest BCUT2D eigenvalue weighted by atomic mass is 16.5. The highest BCUT2D eigenvalue weighted by Crippen LogP contribution is 2.30. The Bertz CT molecular complexity index is 197. The second kappa shape index (κ2) is 3.23. The summed E-state index contributed by atoms with van der Waals surface area (Å²) in [5.74, 6) is 0. The quantitative estimate of drug-likeness (QED) is 0.652. The summed E-state index contributed by atoms with van der Waals surface area (Å²) in [7, 11) is 2.19. The maximum atomic E-state index is 5.95. The number of likely N-dealkylation sites (N-methyl/N-ethyl adjacent to an activating group) is 1. The Labute approximate surface area is 80.4 Å². The van der Waals surface area contributed by atoms with Crippen molar-refractivity contribution in [2.75, 3.05) is 20.1 Å². The van der Waals surface area contributed by atoms with Crippen LogP contribution in [0.1, 0.15) is 26.7 Å². The van der Waals surface area contributed by atoms with Crippen LogP contribution in [0.5, 0.6) is 0 Å². The number of hydrogen-bond donors (Lipinski definition) is 1. The molecule has 2 heterocycles. The molecule has 0 radical (unpaired) electrons. The van der Waals surface area contributed by atoms with Crippen LogP contribution >= 0.6 is 0 Å². The van der Waals surface area contributed by atoms with E-state index in [1.165, 1.54) is 19.4 Å². The molecule has 0 amide bonds. The molecule has 0 aromatic carbocycles. The summed E-state index contributed by atoms with van der Waals surface area (Å²) in [6.07, 6.45) is 2.92. The van der Waals surface area contributed by atoms with Gasteiger partial charge in [0.25, 0.3) is 0 Å².